The highest BCUT2D eigenvalue weighted by atomic mass is 35.5. The maximum Gasteiger partial charge on any atom is 0.102 e. The summed E-state index contributed by atoms with van der Waals surface area (Å²) in [5.74, 6) is 0. The van der Waals surface area contributed by atoms with Gasteiger partial charge in [-0.15, -0.1) is 0 Å². The van der Waals surface area contributed by atoms with E-state index in [1.807, 2.05) is 0 Å². The number of hydrogen-bond donors (Lipinski definition) is 2. The highest BCUT2D eigenvalue weighted by Gasteiger charge is 2.26. The predicted octanol–water partition coefficient (Wildman–Crippen LogP) is 4.77. The van der Waals surface area contributed by atoms with Crippen molar-refractivity contribution in [2.75, 3.05) is 145 Å². The molecule has 0 fully saturated rings. The van der Waals surface area contributed by atoms with E-state index in [4.69, 9.17) is 48.1 Å². The molecule has 12 heteroatoms. The van der Waals surface area contributed by atoms with E-state index in [1.165, 1.54) is 142 Å². The smallest absolute Gasteiger partial charge is 0.102 e. The zero-order valence-electron chi connectivity index (χ0n) is 36.7. The van der Waals surface area contributed by atoms with E-state index in [1.54, 1.807) is 0 Å². The van der Waals surface area contributed by atoms with Gasteiger partial charge in [0, 0.05) is 0 Å². The number of nitrogens with zero attached hydrogens (tertiary/aromatic N) is 1. The van der Waals surface area contributed by atoms with Gasteiger partial charge in [0.1, 0.15) is 13.1 Å². The lowest BCUT2D eigenvalue weighted by atomic mass is 10.1. The van der Waals surface area contributed by atoms with Crippen LogP contribution in [0, 0.1) is 0 Å². The molecule has 11 nitrogen and oxygen atoms in total. The first-order valence-corrected chi connectivity index (χ1v) is 22.9. The van der Waals surface area contributed by atoms with Gasteiger partial charge in [0.25, 0.3) is 0 Å². The second kappa shape index (κ2) is 51.0. The molecule has 0 aromatic carbocycles. The minimum absolute atomic E-state index is 0. The molecule has 0 bridgehead atoms. The van der Waals surface area contributed by atoms with E-state index in [9.17, 15) is 0 Å². The normalized spacial score (nSPS) is 11.8. The first kappa shape index (κ1) is 57.9. The standard InChI is InChI=1S/C44H92NO10.ClH/c1-3-5-7-9-11-13-15-17-19-21-23-45(24-22-20-18-16-14-12-10-8-6-4-2,25-29-48-33-37-52-41-43-54-39-35-50-31-27-46)26-30-49-34-38-53-42-44-55-40-36-51-32-28-47;/h46-47H,3-44H2,1-2H3;1H/q+1;/p-1. The summed E-state index contributed by atoms with van der Waals surface area (Å²) in [4.78, 5) is 0. The number of ether oxygens (including phenoxy) is 8. The first-order valence-electron chi connectivity index (χ1n) is 22.9. The van der Waals surface area contributed by atoms with Crippen molar-refractivity contribution in [3.8, 4) is 0 Å². The van der Waals surface area contributed by atoms with Crippen LogP contribution in [0.3, 0.4) is 0 Å². The highest BCUT2D eigenvalue weighted by molar-refractivity contribution is 4.54. The van der Waals surface area contributed by atoms with Crippen LogP contribution in [0.25, 0.3) is 0 Å². The van der Waals surface area contributed by atoms with Gasteiger partial charge in [0.05, 0.1) is 132 Å². The molecule has 0 amide bonds. The summed E-state index contributed by atoms with van der Waals surface area (Å²) < 4.78 is 46.3. The van der Waals surface area contributed by atoms with E-state index in [2.05, 4.69) is 13.8 Å². The van der Waals surface area contributed by atoms with Crippen LogP contribution in [0.4, 0.5) is 0 Å². The Hall–Kier alpha value is -0.150. The van der Waals surface area contributed by atoms with Gasteiger partial charge in [-0.25, -0.2) is 0 Å². The Kier molecular flexibility index (Phi) is 52.8. The van der Waals surface area contributed by atoms with Gasteiger partial charge < -0.3 is 65.0 Å². The summed E-state index contributed by atoms with van der Waals surface area (Å²) in [6.07, 6.45) is 27.0. The van der Waals surface area contributed by atoms with Crippen molar-refractivity contribution in [2.45, 2.75) is 142 Å². The van der Waals surface area contributed by atoms with Crippen LogP contribution in [0.2, 0.25) is 0 Å². The second-order valence-corrected chi connectivity index (χ2v) is 14.9. The molecule has 0 saturated carbocycles. The minimum atomic E-state index is 0. The lowest BCUT2D eigenvalue weighted by Crippen LogP contribution is -3.00. The first-order chi connectivity index (χ1) is 27.2. The molecule has 0 aliphatic carbocycles. The summed E-state index contributed by atoms with van der Waals surface area (Å²) in [6, 6.07) is 0. The van der Waals surface area contributed by atoms with Crippen LogP contribution in [-0.4, -0.2) is 160 Å². The molecule has 0 rings (SSSR count). The molecule has 0 aliphatic heterocycles. The number of hydrogen-bond acceptors (Lipinski definition) is 10. The number of halogens is 1. The van der Waals surface area contributed by atoms with E-state index >= 15 is 0 Å². The molecule has 0 aromatic heterocycles. The highest BCUT2D eigenvalue weighted by Crippen LogP contribution is 2.18. The van der Waals surface area contributed by atoms with Crippen molar-refractivity contribution < 1.29 is 65.0 Å². The minimum Gasteiger partial charge on any atom is -1.00 e. The topological polar surface area (TPSA) is 114 Å². The predicted molar refractivity (Wildman–Crippen MR) is 224 cm³/mol. The van der Waals surface area contributed by atoms with Crippen LogP contribution in [-0.2, 0) is 37.9 Å². The molecule has 0 spiro atoms. The lowest BCUT2D eigenvalue weighted by Gasteiger charge is -2.39. The van der Waals surface area contributed by atoms with Crippen LogP contribution in [0.1, 0.15) is 142 Å². The second-order valence-electron chi connectivity index (χ2n) is 14.9. The van der Waals surface area contributed by atoms with E-state index in [0.717, 1.165) is 30.8 Å². The van der Waals surface area contributed by atoms with Crippen molar-refractivity contribution >= 4 is 0 Å². The lowest BCUT2D eigenvalue weighted by molar-refractivity contribution is -0.929. The van der Waals surface area contributed by atoms with Crippen LogP contribution < -0.4 is 12.4 Å². The molecule has 0 saturated heterocycles. The van der Waals surface area contributed by atoms with Crippen molar-refractivity contribution in [2.24, 2.45) is 0 Å². The van der Waals surface area contributed by atoms with Crippen molar-refractivity contribution in [3.63, 3.8) is 0 Å². The summed E-state index contributed by atoms with van der Waals surface area (Å²) in [5, 5.41) is 17.5. The average molecular weight is 831 g/mol. The molecule has 56 heavy (non-hydrogen) atoms. The Balaban J connectivity index is 0. The van der Waals surface area contributed by atoms with Gasteiger partial charge in [-0.1, -0.05) is 117 Å². The van der Waals surface area contributed by atoms with Crippen molar-refractivity contribution in [3.05, 3.63) is 0 Å². The van der Waals surface area contributed by atoms with Crippen LogP contribution >= 0.6 is 0 Å². The van der Waals surface area contributed by atoms with E-state index in [-0.39, 0.29) is 25.6 Å². The number of unbranched alkanes of at least 4 members (excludes halogenated alkanes) is 18. The van der Waals surface area contributed by atoms with Gasteiger partial charge in [0.2, 0.25) is 0 Å². The summed E-state index contributed by atoms with van der Waals surface area (Å²) in [6.45, 7) is 17.6. The van der Waals surface area contributed by atoms with Crippen LogP contribution in [0.5, 0.6) is 0 Å². The van der Waals surface area contributed by atoms with Gasteiger partial charge in [-0.2, -0.15) is 0 Å². The number of aliphatic hydroxyl groups is 2. The zero-order valence-corrected chi connectivity index (χ0v) is 37.4. The zero-order chi connectivity index (χ0) is 39.9. The van der Waals surface area contributed by atoms with Gasteiger partial charge in [0.15, 0.2) is 0 Å². The third kappa shape index (κ3) is 44.9. The third-order valence-electron chi connectivity index (χ3n) is 10.1. The summed E-state index contributed by atoms with van der Waals surface area (Å²) in [7, 11) is 0. The molecule has 0 radical (unpaired) electrons. The Morgan fingerprint density at radius 2 is 0.482 bits per heavy atom. The number of quaternary nitrogens is 1. The van der Waals surface area contributed by atoms with Crippen molar-refractivity contribution in [1.29, 1.82) is 0 Å². The Morgan fingerprint density at radius 3 is 0.732 bits per heavy atom. The van der Waals surface area contributed by atoms with Gasteiger partial charge in [-0.3, -0.25) is 0 Å². The largest absolute Gasteiger partial charge is 1.00 e. The molecular formula is C44H92ClNO10. The molecule has 0 aliphatic rings. The maximum absolute atomic E-state index is 8.77. The SMILES string of the molecule is CCCCCCCCCCCC[N+](CCCCCCCCCCCC)(CCOCCOCCOCCOCCO)CCOCCOCCOCCOCCO.[Cl-]. The number of rotatable bonds is 50. The molecule has 0 aromatic rings. The van der Waals surface area contributed by atoms with Crippen molar-refractivity contribution in [1.82, 2.24) is 0 Å². The Bertz CT molecular complexity index is 644. The fraction of sp³-hybridized carbons (Fsp3) is 1.00. The average Bonchev–Trinajstić information content (AvgIpc) is 3.19. The molecule has 340 valence electrons. The maximum atomic E-state index is 8.77. The fourth-order valence-corrected chi connectivity index (χ4v) is 6.71. The summed E-state index contributed by atoms with van der Waals surface area (Å²) >= 11 is 0. The quantitative estimate of drug-likeness (QED) is 0.0658. The molecular weight excluding hydrogens is 738 g/mol. The Labute approximate surface area is 351 Å². The molecule has 0 unspecified atom stereocenters. The van der Waals surface area contributed by atoms with E-state index < -0.39 is 0 Å². The molecule has 0 atom stereocenters. The molecule has 2 N–H and O–H groups in total. The summed E-state index contributed by atoms with van der Waals surface area (Å²) in [5.41, 5.74) is 0. The fourth-order valence-electron chi connectivity index (χ4n) is 6.71. The molecule has 0 heterocycles. The van der Waals surface area contributed by atoms with E-state index in [0.29, 0.717) is 92.5 Å². The van der Waals surface area contributed by atoms with Crippen LogP contribution in [0.15, 0.2) is 0 Å². The van der Waals surface area contributed by atoms with Gasteiger partial charge in [-0.05, 0) is 25.7 Å². The third-order valence-corrected chi connectivity index (χ3v) is 10.1. The Morgan fingerprint density at radius 1 is 0.268 bits per heavy atom. The monoisotopic (exact) mass is 830 g/mol. The van der Waals surface area contributed by atoms with Gasteiger partial charge >= 0.3 is 0 Å². The number of aliphatic hydroxyl groups excluding tert-OH is 2.